The van der Waals surface area contributed by atoms with Crippen LogP contribution in [0.2, 0.25) is 0 Å². The van der Waals surface area contributed by atoms with E-state index in [1.165, 1.54) is 0 Å². The van der Waals surface area contributed by atoms with Crippen molar-refractivity contribution < 1.29 is 14.3 Å². The smallest absolute Gasteiger partial charge is 0.343 e. The van der Waals surface area contributed by atoms with E-state index in [2.05, 4.69) is 10.9 Å². The number of likely N-dealkylation sites (N-methyl/N-ethyl adjacent to an activating group) is 1. The zero-order valence-corrected chi connectivity index (χ0v) is 12.6. The summed E-state index contributed by atoms with van der Waals surface area (Å²) < 4.78 is 4.99. The highest BCUT2D eigenvalue weighted by Gasteiger charge is 2.45. The predicted octanol–water partition coefficient (Wildman–Crippen LogP) is 0.739. The number of esters is 1. The molecule has 3 rings (SSSR count). The van der Waals surface area contributed by atoms with Gasteiger partial charge in [0.25, 0.3) is 5.91 Å². The predicted molar refractivity (Wildman–Crippen MR) is 80.2 cm³/mol. The van der Waals surface area contributed by atoms with Gasteiger partial charge < -0.3 is 9.64 Å². The third-order valence-corrected chi connectivity index (χ3v) is 4.12. The molecule has 0 spiro atoms. The molecule has 1 amide bonds. The molecule has 1 aromatic carbocycles. The normalized spacial score (nSPS) is 27.4. The number of hydrogen-bond acceptors (Lipinski definition) is 5. The van der Waals surface area contributed by atoms with Gasteiger partial charge in [-0.05, 0) is 12.5 Å². The van der Waals surface area contributed by atoms with Crippen molar-refractivity contribution in [1.29, 1.82) is 0 Å². The maximum atomic E-state index is 12.3. The van der Waals surface area contributed by atoms with Gasteiger partial charge in [-0.1, -0.05) is 36.4 Å². The Labute approximate surface area is 129 Å². The van der Waals surface area contributed by atoms with Crippen LogP contribution in [0, 0.1) is 5.92 Å². The largest absolute Gasteiger partial charge is 0.462 e. The molecule has 2 aliphatic rings. The van der Waals surface area contributed by atoms with E-state index in [4.69, 9.17) is 4.74 Å². The van der Waals surface area contributed by atoms with Crippen molar-refractivity contribution in [2.75, 3.05) is 13.7 Å². The lowest BCUT2D eigenvalue weighted by atomic mass is 9.87. The first-order valence-corrected chi connectivity index (χ1v) is 7.35. The molecule has 116 valence electrons. The summed E-state index contributed by atoms with van der Waals surface area (Å²) in [5, 5.41) is 0. The number of amides is 1. The number of nitrogens with one attached hydrogen (secondary N) is 2. The molecular weight excluding hydrogens is 282 g/mol. The van der Waals surface area contributed by atoms with Crippen molar-refractivity contribution >= 4 is 11.9 Å². The standard InChI is InChI=1S/C16H19N3O3/c1-3-22-16(21)12-9-11-13(10-7-5-4-6-8-10)17-18-14(11)19(2)15(12)20/h4-9,11,13-14,17-18H,3H2,1-2H3. The van der Waals surface area contributed by atoms with Crippen LogP contribution in [0.5, 0.6) is 0 Å². The van der Waals surface area contributed by atoms with Crippen LogP contribution in [-0.2, 0) is 14.3 Å². The zero-order valence-electron chi connectivity index (χ0n) is 12.6. The average molecular weight is 301 g/mol. The van der Waals surface area contributed by atoms with Gasteiger partial charge in [0.15, 0.2) is 0 Å². The van der Waals surface area contributed by atoms with Gasteiger partial charge in [-0.2, -0.15) is 0 Å². The summed E-state index contributed by atoms with van der Waals surface area (Å²) in [6, 6.07) is 9.94. The first-order valence-electron chi connectivity index (χ1n) is 7.35. The Morgan fingerprint density at radius 1 is 1.27 bits per heavy atom. The number of ether oxygens (including phenoxy) is 1. The summed E-state index contributed by atoms with van der Waals surface area (Å²) in [7, 11) is 1.69. The maximum Gasteiger partial charge on any atom is 0.343 e. The van der Waals surface area contributed by atoms with Crippen LogP contribution < -0.4 is 10.9 Å². The van der Waals surface area contributed by atoms with E-state index in [0.717, 1.165) is 5.56 Å². The monoisotopic (exact) mass is 301 g/mol. The Morgan fingerprint density at radius 2 is 2.00 bits per heavy atom. The molecule has 2 heterocycles. The third-order valence-electron chi connectivity index (χ3n) is 4.12. The third kappa shape index (κ3) is 2.40. The highest BCUT2D eigenvalue weighted by Crippen LogP contribution is 2.35. The lowest BCUT2D eigenvalue weighted by Crippen LogP contribution is -2.51. The minimum atomic E-state index is -0.559. The Bertz CT molecular complexity index is 614. The molecule has 0 radical (unpaired) electrons. The van der Waals surface area contributed by atoms with Gasteiger partial charge in [-0.3, -0.25) is 4.79 Å². The van der Waals surface area contributed by atoms with Crippen LogP contribution >= 0.6 is 0 Å². The van der Waals surface area contributed by atoms with E-state index >= 15 is 0 Å². The second-order valence-electron chi connectivity index (χ2n) is 5.42. The minimum absolute atomic E-state index is 0.00817. The van der Waals surface area contributed by atoms with Crippen LogP contribution in [0.4, 0.5) is 0 Å². The van der Waals surface area contributed by atoms with Crippen molar-refractivity contribution in [2.24, 2.45) is 5.92 Å². The molecule has 1 aromatic rings. The quantitative estimate of drug-likeness (QED) is 0.636. The highest BCUT2D eigenvalue weighted by atomic mass is 16.5. The summed E-state index contributed by atoms with van der Waals surface area (Å²) in [5.74, 6) is -0.913. The zero-order chi connectivity index (χ0) is 15.7. The Kier molecular flexibility index (Phi) is 3.96. The Morgan fingerprint density at radius 3 is 2.68 bits per heavy atom. The van der Waals surface area contributed by atoms with Crippen molar-refractivity contribution in [3.05, 3.63) is 47.5 Å². The van der Waals surface area contributed by atoms with Crippen molar-refractivity contribution in [1.82, 2.24) is 15.8 Å². The number of nitrogens with zero attached hydrogens (tertiary/aromatic N) is 1. The number of carbonyl (C=O) groups is 2. The van der Waals surface area contributed by atoms with Crippen LogP contribution in [0.15, 0.2) is 42.0 Å². The van der Waals surface area contributed by atoms with Gasteiger partial charge in [0.05, 0.1) is 12.6 Å². The summed E-state index contributed by atoms with van der Waals surface area (Å²) in [4.78, 5) is 25.9. The van der Waals surface area contributed by atoms with Gasteiger partial charge in [0.1, 0.15) is 11.7 Å². The lowest BCUT2D eigenvalue weighted by Gasteiger charge is -2.33. The van der Waals surface area contributed by atoms with Crippen molar-refractivity contribution in [2.45, 2.75) is 19.1 Å². The molecule has 1 saturated heterocycles. The maximum absolute atomic E-state index is 12.3. The first-order chi connectivity index (χ1) is 10.6. The number of hydrazine groups is 1. The van der Waals surface area contributed by atoms with E-state index < -0.39 is 5.97 Å². The molecule has 0 bridgehead atoms. The fraction of sp³-hybridized carbons (Fsp3) is 0.375. The molecule has 2 N–H and O–H groups in total. The number of carbonyl (C=O) groups excluding carboxylic acids is 2. The van der Waals surface area contributed by atoms with Gasteiger partial charge >= 0.3 is 5.97 Å². The fourth-order valence-electron chi connectivity index (χ4n) is 3.00. The average Bonchev–Trinajstić information content (AvgIpc) is 2.96. The number of rotatable bonds is 3. The van der Waals surface area contributed by atoms with Gasteiger partial charge in [-0.15, -0.1) is 0 Å². The second-order valence-corrected chi connectivity index (χ2v) is 5.42. The molecule has 2 aliphatic heterocycles. The van der Waals surface area contributed by atoms with Gasteiger partial charge in [0, 0.05) is 13.0 Å². The molecule has 3 atom stereocenters. The molecule has 1 fully saturated rings. The minimum Gasteiger partial charge on any atom is -0.462 e. The molecule has 6 heteroatoms. The van der Waals surface area contributed by atoms with E-state index in [9.17, 15) is 9.59 Å². The van der Waals surface area contributed by atoms with Crippen molar-refractivity contribution in [3.63, 3.8) is 0 Å². The van der Waals surface area contributed by atoms with Crippen LogP contribution in [0.3, 0.4) is 0 Å². The second kappa shape index (κ2) is 5.90. The van der Waals surface area contributed by atoms with Crippen LogP contribution in [-0.4, -0.2) is 36.6 Å². The lowest BCUT2D eigenvalue weighted by molar-refractivity contribution is -0.143. The molecule has 6 nitrogen and oxygen atoms in total. The van der Waals surface area contributed by atoms with Gasteiger partial charge in [-0.25, -0.2) is 15.6 Å². The number of benzene rings is 1. The van der Waals surface area contributed by atoms with E-state index in [1.807, 2.05) is 30.3 Å². The molecule has 3 unspecified atom stereocenters. The van der Waals surface area contributed by atoms with E-state index in [0.29, 0.717) is 0 Å². The molecule has 0 aliphatic carbocycles. The number of fused-ring (bicyclic) bond motifs is 1. The molecular formula is C16H19N3O3. The Balaban J connectivity index is 1.95. The van der Waals surface area contributed by atoms with Gasteiger partial charge in [0.2, 0.25) is 0 Å². The summed E-state index contributed by atoms with van der Waals surface area (Å²) in [5.41, 5.74) is 7.56. The summed E-state index contributed by atoms with van der Waals surface area (Å²) in [6.07, 6.45) is 1.55. The summed E-state index contributed by atoms with van der Waals surface area (Å²) in [6.45, 7) is 1.98. The Hall–Kier alpha value is -2.18. The molecule has 0 saturated carbocycles. The molecule has 22 heavy (non-hydrogen) atoms. The fourth-order valence-corrected chi connectivity index (χ4v) is 3.00. The van der Waals surface area contributed by atoms with Crippen LogP contribution in [0.25, 0.3) is 0 Å². The van der Waals surface area contributed by atoms with Crippen LogP contribution in [0.1, 0.15) is 18.5 Å². The number of hydrogen-bond donors (Lipinski definition) is 2. The van der Waals surface area contributed by atoms with Crippen molar-refractivity contribution in [3.8, 4) is 0 Å². The molecule has 0 aromatic heterocycles. The topological polar surface area (TPSA) is 70.7 Å². The first kappa shape index (κ1) is 14.7. The highest BCUT2D eigenvalue weighted by molar-refractivity contribution is 6.16. The van der Waals surface area contributed by atoms with E-state index in [-0.39, 0.29) is 36.2 Å². The summed E-state index contributed by atoms with van der Waals surface area (Å²) >= 11 is 0. The SMILES string of the molecule is CCOC(=O)C1=CC2C(c3ccccc3)NNC2N(C)C1=O. The van der Waals surface area contributed by atoms with E-state index in [1.54, 1.807) is 24.9 Å².